The third-order valence-corrected chi connectivity index (χ3v) is 2.76. The van der Waals surface area contributed by atoms with Crippen molar-refractivity contribution in [3.8, 4) is 0 Å². The van der Waals surface area contributed by atoms with Gasteiger partial charge in [0.2, 0.25) is 0 Å². The number of carboxylic acid groups (broad SMARTS) is 1. The van der Waals surface area contributed by atoms with Crippen molar-refractivity contribution in [3.63, 3.8) is 0 Å². The van der Waals surface area contributed by atoms with Crippen LogP contribution >= 0.6 is 0 Å². The zero-order valence-electron chi connectivity index (χ0n) is 9.56. The van der Waals surface area contributed by atoms with Crippen LogP contribution in [0.4, 0.5) is 5.82 Å². The Morgan fingerprint density at radius 3 is 3.18 bits per heavy atom. The summed E-state index contributed by atoms with van der Waals surface area (Å²) in [5.41, 5.74) is 0.0621. The molecule has 0 spiro atoms. The van der Waals surface area contributed by atoms with E-state index in [1.807, 2.05) is 0 Å². The van der Waals surface area contributed by atoms with Gasteiger partial charge in [0.05, 0.1) is 6.10 Å². The molecule has 5 nitrogen and oxygen atoms in total. The minimum Gasteiger partial charge on any atom is -0.477 e. The summed E-state index contributed by atoms with van der Waals surface area (Å²) in [6.07, 6.45) is 3.52. The Morgan fingerprint density at radius 1 is 1.59 bits per heavy atom. The molecule has 1 fully saturated rings. The number of aromatic carboxylic acids is 1. The molecule has 1 aromatic heterocycles. The van der Waals surface area contributed by atoms with Crippen molar-refractivity contribution in [2.24, 2.45) is 0 Å². The Morgan fingerprint density at radius 2 is 2.47 bits per heavy atom. The van der Waals surface area contributed by atoms with Crippen molar-refractivity contribution in [1.82, 2.24) is 4.98 Å². The fraction of sp³-hybridized carbons (Fsp3) is 0.500. The van der Waals surface area contributed by atoms with Gasteiger partial charge < -0.3 is 15.2 Å². The zero-order chi connectivity index (χ0) is 12.1. The number of nitrogens with zero attached hydrogens (tertiary/aromatic N) is 1. The Kier molecular flexibility index (Phi) is 3.93. The zero-order valence-corrected chi connectivity index (χ0v) is 9.56. The van der Waals surface area contributed by atoms with Crippen LogP contribution in [0.1, 0.15) is 29.8 Å². The van der Waals surface area contributed by atoms with Crippen molar-refractivity contribution in [1.29, 1.82) is 0 Å². The molecule has 1 aliphatic heterocycles. The second-order valence-electron chi connectivity index (χ2n) is 4.06. The maximum atomic E-state index is 10.7. The van der Waals surface area contributed by atoms with Crippen LogP contribution < -0.4 is 5.32 Å². The first-order valence-electron chi connectivity index (χ1n) is 5.81. The van der Waals surface area contributed by atoms with Gasteiger partial charge in [0.1, 0.15) is 5.82 Å². The number of hydrogen-bond acceptors (Lipinski definition) is 4. The van der Waals surface area contributed by atoms with Gasteiger partial charge in [-0.3, -0.25) is 0 Å². The number of anilines is 1. The first kappa shape index (κ1) is 11.9. The van der Waals surface area contributed by atoms with Gasteiger partial charge in [-0.1, -0.05) is 6.07 Å². The summed E-state index contributed by atoms with van der Waals surface area (Å²) in [4.78, 5) is 14.7. The van der Waals surface area contributed by atoms with E-state index >= 15 is 0 Å². The lowest BCUT2D eigenvalue weighted by molar-refractivity contribution is 0.0690. The minimum absolute atomic E-state index is 0.0621. The number of nitrogens with one attached hydrogen (secondary N) is 1. The van der Waals surface area contributed by atoms with Crippen LogP contribution in [0.25, 0.3) is 0 Å². The predicted molar refractivity (Wildman–Crippen MR) is 63.3 cm³/mol. The van der Waals surface area contributed by atoms with E-state index in [4.69, 9.17) is 9.84 Å². The number of hydrogen-bond donors (Lipinski definition) is 2. The van der Waals surface area contributed by atoms with E-state index in [1.54, 1.807) is 12.1 Å². The van der Waals surface area contributed by atoms with E-state index < -0.39 is 5.97 Å². The fourth-order valence-electron chi connectivity index (χ4n) is 1.89. The van der Waals surface area contributed by atoms with E-state index in [1.165, 1.54) is 6.07 Å². The molecule has 92 valence electrons. The number of ether oxygens (including phenoxy) is 1. The largest absolute Gasteiger partial charge is 0.477 e. The van der Waals surface area contributed by atoms with Gasteiger partial charge in [-0.25, -0.2) is 9.78 Å². The third-order valence-electron chi connectivity index (χ3n) is 2.76. The topological polar surface area (TPSA) is 71.5 Å². The van der Waals surface area contributed by atoms with Gasteiger partial charge in [-0.2, -0.15) is 0 Å². The van der Waals surface area contributed by atoms with Crippen molar-refractivity contribution in [3.05, 3.63) is 23.9 Å². The molecule has 5 heteroatoms. The second-order valence-corrected chi connectivity index (χ2v) is 4.06. The van der Waals surface area contributed by atoms with Crippen LogP contribution in [-0.2, 0) is 4.74 Å². The fourth-order valence-corrected chi connectivity index (χ4v) is 1.89. The van der Waals surface area contributed by atoms with E-state index in [9.17, 15) is 4.79 Å². The highest BCUT2D eigenvalue weighted by atomic mass is 16.5. The molecule has 0 radical (unpaired) electrons. The van der Waals surface area contributed by atoms with E-state index in [-0.39, 0.29) is 5.69 Å². The summed E-state index contributed by atoms with van der Waals surface area (Å²) in [5.74, 6) is -0.407. The highest BCUT2D eigenvalue weighted by molar-refractivity contribution is 5.85. The summed E-state index contributed by atoms with van der Waals surface area (Å²) >= 11 is 0. The second kappa shape index (κ2) is 5.63. The molecular formula is C12H16N2O3. The summed E-state index contributed by atoms with van der Waals surface area (Å²) < 4.78 is 5.50. The molecule has 1 aliphatic rings. The first-order valence-corrected chi connectivity index (χ1v) is 5.81. The van der Waals surface area contributed by atoms with Gasteiger partial charge in [-0.05, 0) is 31.4 Å². The number of pyridine rings is 1. The van der Waals surface area contributed by atoms with Crippen LogP contribution in [0.2, 0.25) is 0 Å². The third kappa shape index (κ3) is 3.42. The molecule has 0 aliphatic carbocycles. The molecule has 2 N–H and O–H groups in total. The van der Waals surface area contributed by atoms with Gasteiger partial charge in [0.15, 0.2) is 5.69 Å². The lowest BCUT2D eigenvalue weighted by Gasteiger charge is -2.10. The molecule has 2 rings (SSSR count). The maximum absolute atomic E-state index is 10.7. The first-order chi connectivity index (χ1) is 8.25. The standard InChI is InChI=1S/C12H16N2O3/c15-12(16)10-4-1-5-11(14-10)13-7-6-9-3-2-8-17-9/h1,4-5,9H,2-3,6-8H2,(H,13,14)(H,15,16). The summed E-state index contributed by atoms with van der Waals surface area (Å²) in [6.45, 7) is 1.61. The minimum atomic E-state index is -1.01. The molecule has 0 amide bonds. The number of carboxylic acids is 1. The highest BCUT2D eigenvalue weighted by Crippen LogP contribution is 2.15. The molecule has 17 heavy (non-hydrogen) atoms. The Labute approximate surface area is 99.8 Å². The van der Waals surface area contributed by atoms with Crippen molar-refractivity contribution in [2.45, 2.75) is 25.4 Å². The molecule has 2 heterocycles. The Balaban J connectivity index is 1.81. The average Bonchev–Trinajstić information content (AvgIpc) is 2.82. The van der Waals surface area contributed by atoms with E-state index in [0.717, 1.165) is 32.4 Å². The maximum Gasteiger partial charge on any atom is 0.354 e. The Hall–Kier alpha value is -1.62. The van der Waals surface area contributed by atoms with Crippen molar-refractivity contribution in [2.75, 3.05) is 18.5 Å². The monoisotopic (exact) mass is 236 g/mol. The van der Waals surface area contributed by atoms with Gasteiger partial charge in [0.25, 0.3) is 0 Å². The van der Waals surface area contributed by atoms with Gasteiger partial charge in [0, 0.05) is 13.2 Å². The summed E-state index contributed by atoms with van der Waals surface area (Å²) in [7, 11) is 0. The van der Waals surface area contributed by atoms with Crippen LogP contribution in [0, 0.1) is 0 Å². The highest BCUT2D eigenvalue weighted by Gasteiger charge is 2.14. The molecular weight excluding hydrogens is 220 g/mol. The number of carbonyl (C=O) groups is 1. The predicted octanol–water partition coefficient (Wildman–Crippen LogP) is 1.76. The van der Waals surface area contributed by atoms with Crippen LogP contribution in [0.3, 0.4) is 0 Å². The molecule has 1 atom stereocenters. The SMILES string of the molecule is O=C(O)c1cccc(NCCC2CCCO2)n1. The molecule has 1 aromatic rings. The number of rotatable bonds is 5. The van der Waals surface area contributed by atoms with E-state index in [2.05, 4.69) is 10.3 Å². The molecule has 0 saturated carbocycles. The number of aromatic nitrogens is 1. The van der Waals surface area contributed by atoms with E-state index in [0.29, 0.717) is 11.9 Å². The lowest BCUT2D eigenvalue weighted by Crippen LogP contribution is -2.13. The lowest BCUT2D eigenvalue weighted by atomic mass is 10.2. The molecule has 0 aromatic carbocycles. The normalized spacial score (nSPS) is 19.2. The molecule has 1 unspecified atom stereocenters. The Bertz CT molecular complexity index is 389. The molecule has 1 saturated heterocycles. The van der Waals surface area contributed by atoms with Gasteiger partial charge >= 0.3 is 5.97 Å². The average molecular weight is 236 g/mol. The van der Waals surface area contributed by atoms with Crippen molar-refractivity contribution >= 4 is 11.8 Å². The van der Waals surface area contributed by atoms with Crippen LogP contribution in [0.15, 0.2) is 18.2 Å². The smallest absolute Gasteiger partial charge is 0.354 e. The van der Waals surface area contributed by atoms with Crippen molar-refractivity contribution < 1.29 is 14.6 Å². The van der Waals surface area contributed by atoms with Gasteiger partial charge in [-0.15, -0.1) is 0 Å². The van der Waals surface area contributed by atoms with Crippen LogP contribution in [-0.4, -0.2) is 35.3 Å². The van der Waals surface area contributed by atoms with Crippen LogP contribution in [0.5, 0.6) is 0 Å². The summed E-state index contributed by atoms with van der Waals surface area (Å²) in [6, 6.07) is 4.93. The molecule has 0 bridgehead atoms. The summed E-state index contributed by atoms with van der Waals surface area (Å²) in [5, 5.41) is 11.9. The quantitative estimate of drug-likeness (QED) is 0.815.